The first-order valence-corrected chi connectivity index (χ1v) is 5.23. The molecule has 2 aromatic heterocycles. The summed E-state index contributed by atoms with van der Waals surface area (Å²) in [5.74, 6) is -1.52. The lowest BCUT2D eigenvalue weighted by molar-refractivity contribution is 0.578. The van der Waals surface area contributed by atoms with Gasteiger partial charge in [-0.15, -0.1) is 0 Å². The number of halogens is 2. The maximum absolute atomic E-state index is 13.4. The molecule has 2 aromatic rings. The largest absolute Gasteiger partial charge is 0.371 e. The van der Waals surface area contributed by atoms with Crippen molar-refractivity contribution >= 4 is 11.6 Å². The van der Waals surface area contributed by atoms with Crippen LogP contribution in [0.25, 0.3) is 0 Å². The van der Waals surface area contributed by atoms with Crippen molar-refractivity contribution in [3.63, 3.8) is 0 Å². The van der Waals surface area contributed by atoms with Crippen molar-refractivity contribution in [2.24, 2.45) is 0 Å². The number of anilines is 2. The van der Waals surface area contributed by atoms with E-state index >= 15 is 0 Å². The molecule has 0 unspecified atom stereocenters. The molecule has 18 heavy (non-hydrogen) atoms. The van der Waals surface area contributed by atoms with Crippen LogP contribution >= 0.6 is 0 Å². The molecule has 0 bridgehead atoms. The minimum atomic E-state index is -0.749. The molecule has 0 radical (unpaired) electrons. The van der Waals surface area contributed by atoms with Crippen molar-refractivity contribution in [3.05, 3.63) is 42.0 Å². The van der Waals surface area contributed by atoms with Crippen LogP contribution in [0.2, 0.25) is 0 Å². The first-order chi connectivity index (χ1) is 8.70. The van der Waals surface area contributed by atoms with E-state index in [4.69, 9.17) is 0 Å². The summed E-state index contributed by atoms with van der Waals surface area (Å²) < 4.78 is 26.6. The van der Waals surface area contributed by atoms with Crippen LogP contribution in [-0.4, -0.2) is 22.0 Å². The van der Waals surface area contributed by atoms with Gasteiger partial charge in [-0.3, -0.25) is 0 Å². The minimum Gasteiger partial charge on any atom is -0.371 e. The zero-order chi connectivity index (χ0) is 13.0. The van der Waals surface area contributed by atoms with Crippen molar-refractivity contribution in [1.82, 2.24) is 15.0 Å². The van der Waals surface area contributed by atoms with Gasteiger partial charge in [0.05, 0.1) is 12.2 Å². The van der Waals surface area contributed by atoms with E-state index in [1.54, 1.807) is 12.3 Å². The first kappa shape index (κ1) is 12.2. The second-order valence-corrected chi connectivity index (χ2v) is 3.45. The van der Waals surface area contributed by atoms with Crippen LogP contribution in [-0.2, 0) is 6.54 Å². The highest BCUT2D eigenvalue weighted by atomic mass is 19.1. The highest BCUT2D eigenvalue weighted by Gasteiger charge is 2.10. The maximum atomic E-state index is 13.4. The smallest absolute Gasteiger partial charge is 0.168 e. The zero-order valence-electron chi connectivity index (χ0n) is 9.61. The molecular formula is C11H11F2N5. The number of hydrogen-bond acceptors (Lipinski definition) is 5. The van der Waals surface area contributed by atoms with Crippen LogP contribution < -0.4 is 10.6 Å². The average molecular weight is 251 g/mol. The summed E-state index contributed by atoms with van der Waals surface area (Å²) in [5, 5.41) is 5.29. The maximum Gasteiger partial charge on any atom is 0.168 e. The van der Waals surface area contributed by atoms with Crippen LogP contribution in [0, 0.1) is 11.6 Å². The standard InChI is InChI=1S/C11H11F2N5/c1-14-10-8(12)4-9(13)11(18-10)16-5-7-2-3-15-6-17-7/h2-4,6H,5H2,1H3,(H2,14,16,18). The van der Waals surface area contributed by atoms with Crippen molar-refractivity contribution in [3.8, 4) is 0 Å². The highest BCUT2D eigenvalue weighted by Crippen LogP contribution is 2.18. The Kier molecular flexibility index (Phi) is 3.61. The Balaban J connectivity index is 2.14. The monoisotopic (exact) mass is 251 g/mol. The summed E-state index contributed by atoms with van der Waals surface area (Å²) in [6.45, 7) is 0.279. The van der Waals surface area contributed by atoms with Crippen molar-refractivity contribution in [2.45, 2.75) is 6.54 Å². The predicted molar refractivity (Wildman–Crippen MR) is 63.1 cm³/mol. The van der Waals surface area contributed by atoms with Gasteiger partial charge in [-0.05, 0) is 6.07 Å². The Bertz CT molecular complexity index is 532. The number of nitrogens with one attached hydrogen (secondary N) is 2. The minimum absolute atomic E-state index is 0.0124. The first-order valence-electron chi connectivity index (χ1n) is 5.23. The molecule has 5 nitrogen and oxygen atoms in total. The molecule has 0 atom stereocenters. The van der Waals surface area contributed by atoms with Crippen molar-refractivity contribution in [1.29, 1.82) is 0 Å². The fraction of sp³-hybridized carbons (Fsp3) is 0.182. The second kappa shape index (κ2) is 5.35. The van der Waals surface area contributed by atoms with E-state index in [-0.39, 0.29) is 18.2 Å². The summed E-state index contributed by atoms with van der Waals surface area (Å²) in [7, 11) is 1.51. The van der Waals surface area contributed by atoms with Gasteiger partial charge in [-0.1, -0.05) is 0 Å². The van der Waals surface area contributed by atoms with E-state index in [0.29, 0.717) is 5.69 Å². The molecule has 0 fully saturated rings. The van der Waals surface area contributed by atoms with E-state index in [1.807, 2.05) is 0 Å². The average Bonchev–Trinajstić information content (AvgIpc) is 2.39. The molecule has 0 aromatic carbocycles. The molecule has 0 aliphatic carbocycles. The lowest BCUT2D eigenvalue weighted by Crippen LogP contribution is -2.08. The summed E-state index contributed by atoms with van der Waals surface area (Å²) >= 11 is 0. The molecule has 0 saturated carbocycles. The second-order valence-electron chi connectivity index (χ2n) is 3.45. The highest BCUT2D eigenvalue weighted by molar-refractivity contribution is 5.47. The van der Waals surface area contributed by atoms with Gasteiger partial charge in [0, 0.05) is 19.3 Å². The van der Waals surface area contributed by atoms with Gasteiger partial charge in [0.1, 0.15) is 6.33 Å². The Hall–Kier alpha value is -2.31. The predicted octanol–water partition coefficient (Wildman–Crippen LogP) is 1.80. The van der Waals surface area contributed by atoms with E-state index in [9.17, 15) is 8.78 Å². The van der Waals surface area contributed by atoms with Crippen molar-refractivity contribution < 1.29 is 8.78 Å². The fourth-order valence-electron chi connectivity index (χ4n) is 1.36. The van der Waals surface area contributed by atoms with E-state index in [0.717, 1.165) is 6.07 Å². The number of aromatic nitrogens is 3. The molecule has 0 spiro atoms. The summed E-state index contributed by atoms with van der Waals surface area (Å²) in [4.78, 5) is 11.5. The Morgan fingerprint density at radius 2 is 2.00 bits per heavy atom. The van der Waals surface area contributed by atoms with Gasteiger partial charge in [0.2, 0.25) is 0 Å². The summed E-state index contributed by atoms with van der Waals surface area (Å²) in [5.41, 5.74) is 0.682. The lowest BCUT2D eigenvalue weighted by atomic mass is 10.3. The van der Waals surface area contributed by atoms with Gasteiger partial charge in [0.15, 0.2) is 23.3 Å². The topological polar surface area (TPSA) is 62.7 Å². The molecule has 2 heterocycles. The van der Waals surface area contributed by atoms with Crippen LogP contribution in [0.5, 0.6) is 0 Å². The van der Waals surface area contributed by atoms with Crippen LogP contribution in [0.3, 0.4) is 0 Å². The molecule has 2 rings (SSSR count). The molecule has 2 N–H and O–H groups in total. The third-order valence-electron chi connectivity index (χ3n) is 2.25. The Morgan fingerprint density at radius 3 is 2.67 bits per heavy atom. The van der Waals surface area contributed by atoms with Gasteiger partial charge in [0.25, 0.3) is 0 Å². The van der Waals surface area contributed by atoms with Gasteiger partial charge >= 0.3 is 0 Å². The van der Waals surface area contributed by atoms with Crippen molar-refractivity contribution in [2.75, 3.05) is 17.7 Å². The van der Waals surface area contributed by atoms with Gasteiger partial charge < -0.3 is 10.6 Å². The third kappa shape index (κ3) is 2.68. The molecular weight excluding hydrogens is 240 g/mol. The number of pyridine rings is 1. The van der Waals surface area contributed by atoms with E-state index < -0.39 is 11.6 Å². The molecule has 94 valence electrons. The van der Waals surface area contributed by atoms with Crippen LogP contribution in [0.4, 0.5) is 20.4 Å². The molecule has 0 aliphatic rings. The normalized spacial score (nSPS) is 10.2. The van der Waals surface area contributed by atoms with Gasteiger partial charge in [-0.25, -0.2) is 23.7 Å². The lowest BCUT2D eigenvalue weighted by Gasteiger charge is -2.08. The Morgan fingerprint density at radius 1 is 1.22 bits per heavy atom. The third-order valence-corrected chi connectivity index (χ3v) is 2.25. The van der Waals surface area contributed by atoms with Gasteiger partial charge in [-0.2, -0.15) is 0 Å². The number of rotatable bonds is 4. The molecule has 0 saturated heterocycles. The number of hydrogen-bond donors (Lipinski definition) is 2. The fourth-order valence-corrected chi connectivity index (χ4v) is 1.36. The quantitative estimate of drug-likeness (QED) is 0.867. The molecule has 0 aliphatic heterocycles. The zero-order valence-corrected chi connectivity index (χ0v) is 9.61. The van der Waals surface area contributed by atoms with Crippen LogP contribution in [0.1, 0.15) is 5.69 Å². The van der Waals surface area contributed by atoms with E-state index in [1.165, 1.54) is 13.4 Å². The SMILES string of the molecule is CNc1nc(NCc2ccncn2)c(F)cc1F. The summed E-state index contributed by atoms with van der Waals surface area (Å²) in [6.07, 6.45) is 2.97. The van der Waals surface area contributed by atoms with Crippen LogP contribution in [0.15, 0.2) is 24.7 Å². The number of nitrogens with zero attached hydrogens (tertiary/aromatic N) is 3. The Labute approximate surface area is 102 Å². The molecule has 0 amide bonds. The molecule has 7 heteroatoms. The van der Waals surface area contributed by atoms with E-state index in [2.05, 4.69) is 25.6 Å². The summed E-state index contributed by atoms with van der Waals surface area (Å²) in [6, 6.07) is 2.47.